The maximum absolute atomic E-state index is 4.28. The third-order valence-electron chi connectivity index (χ3n) is 0.997. The highest BCUT2D eigenvalue weighted by atomic mass is 32.2. The largest absolute Gasteiger partial charge is 0.165 e. The minimum Gasteiger partial charge on any atom is -0.165 e. The van der Waals surface area contributed by atoms with Gasteiger partial charge in [0.25, 0.3) is 0 Å². The van der Waals surface area contributed by atoms with Crippen LogP contribution in [0.3, 0.4) is 0 Å². The highest BCUT2D eigenvalue weighted by Crippen LogP contribution is 2.32. The van der Waals surface area contributed by atoms with Crippen molar-refractivity contribution in [1.82, 2.24) is 0 Å². The van der Waals surface area contributed by atoms with E-state index in [-0.39, 0.29) is 0 Å². The SMILES string of the molecule is CC(S)SC1CSC1. The van der Waals surface area contributed by atoms with Crippen molar-refractivity contribution in [3.63, 3.8) is 0 Å². The number of thioether (sulfide) groups is 2. The van der Waals surface area contributed by atoms with E-state index < -0.39 is 0 Å². The molecule has 1 saturated heterocycles. The second kappa shape index (κ2) is 3.28. The van der Waals surface area contributed by atoms with Crippen LogP contribution in [0, 0.1) is 0 Å². The molecule has 1 unspecified atom stereocenters. The molecule has 0 bridgehead atoms. The molecule has 8 heavy (non-hydrogen) atoms. The summed E-state index contributed by atoms with van der Waals surface area (Å²) in [5.74, 6) is 2.69. The molecule has 0 aliphatic carbocycles. The smallest absolute Gasteiger partial charge is 0.0447 e. The van der Waals surface area contributed by atoms with Crippen molar-refractivity contribution in [2.45, 2.75) is 16.8 Å². The van der Waals surface area contributed by atoms with Crippen molar-refractivity contribution in [2.24, 2.45) is 0 Å². The third kappa shape index (κ3) is 2.11. The Morgan fingerprint density at radius 2 is 2.38 bits per heavy atom. The van der Waals surface area contributed by atoms with Gasteiger partial charge < -0.3 is 0 Å². The van der Waals surface area contributed by atoms with Crippen LogP contribution in [-0.4, -0.2) is 21.3 Å². The molecule has 0 saturated carbocycles. The van der Waals surface area contributed by atoms with Gasteiger partial charge in [-0.1, -0.05) is 0 Å². The second-order valence-electron chi connectivity index (χ2n) is 1.89. The highest BCUT2D eigenvalue weighted by Gasteiger charge is 2.19. The molecule has 1 atom stereocenters. The molecule has 1 fully saturated rings. The standard InChI is InChI=1S/C5H10S3/c1-4(6)8-5-2-7-3-5/h4-6H,2-3H2,1H3. The highest BCUT2D eigenvalue weighted by molar-refractivity contribution is 8.13. The minimum absolute atomic E-state index is 0.529. The Bertz CT molecular complexity index is 68.1. The molecule has 3 heteroatoms. The molecule has 0 aromatic rings. The topological polar surface area (TPSA) is 0 Å². The summed E-state index contributed by atoms with van der Waals surface area (Å²) in [6, 6.07) is 0. The van der Waals surface area contributed by atoms with E-state index in [0.29, 0.717) is 4.58 Å². The van der Waals surface area contributed by atoms with Gasteiger partial charge in [-0.15, -0.1) is 11.8 Å². The van der Waals surface area contributed by atoms with Crippen molar-refractivity contribution in [1.29, 1.82) is 0 Å². The van der Waals surface area contributed by atoms with Gasteiger partial charge in [-0.25, -0.2) is 0 Å². The Kier molecular flexibility index (Phi) is 2.93. The molecule has 1 heterocycles. The molecule has 48 valence electrons. The van der Waals surface area contributed by atoms with E-state index in [0.717, 1.165) is 5.25 Å². The lowest BCUT2D eigenvalue weighted by atomic mass is 10.5. The maximum Gasteiger partial charge on any atom is 0.0447 e. The van der Waals surface area contributed by atoms with Gasteiger partial charge in [0.2, 0.25) is 0 Å². The third-order valence-corrected chi connectivity index (χ3v) is 4.17. The van der Waals surface area contributed by atoms with Crippen molar-refractivity contribution in [2.75, 3.05) is 11.5 Å². The molecule has 0 aromatic heterocycles. The summed E-state index contributed by atoms with van der Waals surface area (Å²) in [6.45, 7) is 2.14. The van der Waals surface area contributed by atoms with E-state index in [9.17, 15) is 0 Å². The summed E-state index contributed by atoms with van der Waals surface area (Å²) in [5.41, 5.74) is 0. The Balaban J connectivity index is 2.01. The van der Waals surface area contributed by atoms with Gasteiger partial charge in [-0.05, 0) is 6.92 Å². The molecule has 0 aromatic carbocycles. The van der Waals surface area contributed by atoms with E-state index in [2.05, 4.69) is 19.6 Å². The molecule has 0 amide bonds. The molecule has 0 radical (unpaired) electrons. The summed E-state index contributed by atoms with van der Waals surface area (Å²) < 4.78 is 0.529. The van der Waals surface area contributed by atoms with Crippen molar-refractivity contribution >= 4 is 36.2 Å². The van der Waals surface area contributed by atoms with Crippen LogP contribution >= 0.6 is 36.2 Å². The number of rotatable bonds is 2. The lowest BCUT2D eigenvalue weighted by Crippen LogP contribution is -2.21. The number of thiol groups is 1. The van der Waals surface area contributed by atoms with Gasteiger partial charge in [0, 0.05) is 21.3 Å². The average Bonchev–Trinajstić information content (AvgIpc) is 1.55. The summed E-state index contributed by atoms with van der Waals surface area (Å²) in [5, 5.41) is 0.910. The monoisotopic (exact) mass is 166 g/mol. The Hall–Kier alpha value is 1.05. The average molecular weight is 166 g/mol. The number of hydrogen-bond donors (Lipinski definition) is 1. The molecule has 1 aliphatic heterocycles. The van der Waals surface area contributed by atoms with Crippen LogP contribution in [-0.2, 0) is 0 Å². The van der Waals surface area contributed by atoms with Gasteiger partial charge in [-0.3, -0.25) is 0 Å². The molecule has 1 rings (SSSR count). The predicted octanol–water partition coefficient (Wildman–Crippen LogP) is 2.11. The first-order valence-electron chi connectivity index (χ1n) is 2.70. The molecular weight excluding hydrogens is 156 g/mol. The lowest BCUT2D eigenvalue weighted by Gasteiger charge is -2.25. The fraction of sp³-hybridized carbons (Fsp3) is 1.00. The van der Waals surface area contributed by atoms with Crippen LogP contribution < -0.4 is 0 Å². The van der Waals surface area contributed by atoms with Crippen LogP contribution in [0.15, 0.2) is 0 Å². The summed E-state index contributed by atoms with van der Waals surface area (Å²) in [4.78, 5) is 0. The molecule has 0 nitrogen and oxygen atoms in total. The van der Waals surface area contributed by atoms with E-state index in [1.165, 1.54) is 11.5 Å². The lowest BCUT2D eigenvalue weighted by molar-refractivity contribution is 1.08. The zero-order chi connectivity index (χ0) is 5.98. The van der Waals surface area contributed by atoms with E-state index >= 15 is 0 Å². The first-order valence-corrected chi connectivity index (χ1v) is 5.31. The van der Waals surface area contributed by atoms with Gasteiger partial charge in [0.1, 0.15) is 0 Å². The Labute approximate surface area is 64.6 Å². The van der Waals surface area contributed by atoms with Crippen molar-refractivity contribution in [3.05, 3.63) is 0 Å². The predicted molar refractivity (Wildman–Crippen MR) is 47.2 cm³/mol. The zero-order valence-corrected chi connectivity index (χ0v) is 7.36. The molecule has 1 aliphatic rings. The second-order valence-corrected chi connectivity index (χ2v) is 5.74. The molecular formula is C5H10S3. The zero-order valence-electron chi connectivity index (χ0n) is 4.83. The van der Waals surface area contributed by atoms with Crippen LogP contribution in [0.4, 0.5) is 0 Å². The quantitative estimate of drug-likeness (QED) is 0.493. The van der Waals surface area contributed by atoms with E-state index in [1.54, 1.807) is 0 Å². The van der Waals surface area contributed by atoms with E-state index in [4.69, 9.17) is 0 Å². The van der Waals surface area contributed by atoms with E-state index in [1.807, 2.05) is 23.5 Å². The van der Waals surface area contributed by atoms with Crippen LogP contribution in [0.2, 0.25) is 0 Å². The van der Waals surface area contributed by atoms with Crippen molar-refractivity contribution in [3.8, 4) is 0 Å². The van der Waals surface area contributed by atoms with Gasteiger partial charge in [-0.2, -0.15) is 24.4 Å². The van der Waals surface area contributed by atoms with Crippen LogP contribution in [0.1, 0.15) is 6.92 Å². The molecule has 0 spiro atoms. The first kappa shape index (κ1) is 7.16. The fourth-order valence-electron chi connectivity index (χ4n) is 0.571. The van der Waals surface area contributed by atoms with Gasteiger partial charge in [0.05, 0.1) is 0 Å². The van der Waals surface area contributed by atoms with Crippen molar-refractivity contribution < 1.29 is 0 Å². The maximum atomic E-state index is 4.28. The first-order chi connectivity index (χ1) is 3.79. The normalized spacial score (nSPS) is 24.8. The Morgan fingerprint density at radius 1 is 1.75 bits per heavy atom. The summed E-state index contributed by atoms with van der Waals surface area (Å²) >= 11 is 8.30. The van der Waals surface area contributed by atoms with Crippen LogP contribution in [0.25, 0.3) is 0 Å². The summed E-state index contributed by atoms with van der Waals surface area (Å²) in [7, 11) is 0. The Morgan fingerprint density at radius 3 is 2.50 bits per heavy atom. The number of hydrogen-bond acceptors (Lipinski definition) is 3. The minimum atomic E-state index is 0.529. The van der Waals surface area contributed by atoms with Gasteiger partial charge >= 0.3 is 0 Å². The van der Waals surface area contributed by atoms with Gasteiger partial charge in [0.15, 0.2) is 0 Å². The van der Waals surface area contributed by atoms with Crippen LogP contribution in [0.5, 0.6) is 0 Å². The summed E-state index contributed by atoms with van der Waals surface area (Å²) in [6.07, 6.45) is 0. The fourth-order valence-corrected chi connectivity index (χ4v) is 3.28. The molecule has 0 N–H and O–H groups in total.